The predicted molar refractivity (Wildman–Crippen MR) is 65.7 cm³/mol. The number of aromatic carboxylic acids is 1. The maximum atomic E-state index is 10.7. The molecule has 2 unspecified atom stereocenters. The molecule has 2 atom stereocenters. The minimum atomic E-state index is -1.05. The summed E-state index contributed by atoms with van der Waals surface area (Å²) in [4.78, 5) is 10.7. The van der Waals surface area contributed by atoms with Crippen molar-refractivity contribution in [2.45, 2.75) is 38.3 Å². The number of furan rings is 1. The van der Waals surface area contributed by atoms with Gasteiger partial charge in [-0.2, -0.15) is 0 Å². The molecule has 1 aromatic rings. The van der Waals surface area contributed by atoms with Crippen LogP contribution in [-0.4, -0.2) is 30.3 Å². The molecule has 2 N–H and O–H groups in total. The predicted octanol–water partition coefficient (Wildman–Crippen LogP) is 2.20. The highest BCUT2D eigenvalue weighted by Crippen LogP contribution is 2.20. The molecular weight excluding hydrogens is 234 g/mol. The monoisotopic (exact) mass is 253 g/mol. The van der Waals surface area contributed by atoms with Gasteiger partial charge in [0.15, 0.2) is 0 Å². The molecule has 0 saturated carbocycles. The van der Waals surface area contributed by atoms with E-state index in [1.807, 2.05) is 6.92 Å². The summed E-state index contributed by atoms with van der Waals surface area (Å²) in [5, 5.41) is 12.2. The number of ether oxygens (including phenoxy) is 1. The van der Waals surface area contributed by atoms with Crippen molar-refractivity contribution in [3.8, 4) is 0 Å². The Hall–Kier alpha value is -1.33. The van der Waals surface area contributed by atoms with Crippen molar-refractivity contribution < 1.29 is 19.1 Å². The minimum Gasteiger partial charge on any atom is -0.475 e. The fourth-order valence-electron chi connectivity index (χ4n) is 2.10. The van der Waals surface area contributed by atoms with Gasteiger partial charge in [0.05, 0.1) is 6.61 Å². The smallest absolute Gasteiger partial charge is 0.371 e. The van der Waals surface area contributed by atoms with Crippen LogP contribution in [0.1, 0.15) is 48.6 Å². The van der Waals surface area contributed by atoms with Crippen molar-refractivity contribution in [1.82, 2.24) is 5.32 Å². The van der Waals surface area contributed by atoms with Crippen LogP contribution in [-0.2, 0) is 4.74 Å². The lowest BCUT2D eigenvalue weighted by atomic mass is 10.1. The summed E-state index contributed by atoms with van der Waals surface area (Å²) in [6.07, 6.45) is 3.37. The van der Waals surface area contributed by atoms with Gasteiger partial charge in [-0.1, -0.05) is 6.42 Å². The topological polar surface area (TPSA) is 71.7 Å². The number of nitrogens with one attached hydrogen (secondary N) is 1. The summed E-state index contributed by atoms with van der Waals surface area (Å²) >= 11 is 0. The van der Waals surface area contributed by atoms with Gasteiger partial charge in [-0.25, -0.2) is 4.79 Å². The van der Waals surface area contributed by atoms with E-state index in [0.717, 1.165) is 13.0 Å². The van der Waals surface area contributed by atoms with Crippen molar-refractivity contribution in [1.29, 1.82) is 0 Å². The number of hydrogen-bond acceptors (Lipinski definition) is 4. The lowest BCUT2D eigenvalue weighted by Gasteiger charge is -2.24. The maximum Gasteiger partial charge on any atom is 0.371 e. The standard InChI is InChI=1S/C13H19NO4/c1-9(11-5-6-12(18-11)13(15)16)17-8-10-4-2-3-7-14-10/h5-6,9-10,14H,2-4,7-8H2,1H3,(H,15,16). The highest BCUT2D eigenvalue weighted by Gasteiger charge is 2.17. The molecule has 0 amide bonds. The second-order valence-electron chi connectivity index (χ2n) is 4.63. The lowest BCUT2D eigenvalue weighted by Crippen LogP contribution is -2.37. The molecule has 0 radical (unpaired) electrons. The van der Waals surface area contributed by atoms with Crippen LogP contribution in [0.3, 0.4) is 0 Å². The van der Waals surface area contributed by atoms with Gasteiger partial charge in [-0.05, 0) is 38.4 Å². The van der Waals surface area contributed by atoms with Crippen molar-refractivity contribution in [2.24, 2.45) is 0 Å². The third kappa shape index (κ3) is 3.34. The van der Waals surface area contributed by atoms with E-state index >= 15 is 0 Å². The largest absolute Gasteiger partial charge is 0.475 e. The number of hydrogen-bond donors (Lipinski definition) is 2. The highest BCUT2D eigenvalue weighted by atomic mass is 16.5. The molecule has 1 aliphatic heterocycles. The number of piperidine rings is 1. The summed E-state index contributed by atoms with van der Waals surface area (Å²) < 4.78 is 10.9. The molecule has 0 bridgehead atoms. The molecule has 5 heteroatoms. The molecule has 5 nitrogen and oxygen atoms in total. The number of carboxylic acid groups (broad SMARTS) is 1. The van der Waals surface area contributed by atoms with Gasteiger partial charge in [0.25, 0.3) is 0 Å². The Labute approximate surface area is 106 Å². The Morgan fingerprint density at radius 2 is 2.44 bits per heavy atom. The average Bonchev–Trinajstić information content (AvgIpc) is 2.87. The van der Waals surface area contributed by atoms with Gasteiger partial charge in [0.2, 0.25) is 5.76 Å². The molecule has 1 aliphatic rings. The highest BCUT2D eigenvalue weighted by molar-refractivity contribution is 5.84. The molecule has 0 aromatic carbocycles. The van der Waals surface area contributed by atoms with E-state index in [4.69, 9.17) is 14.3 Å². The van der Waals surface area contributed by atoms with Gasteiger partial charge in [-0.3, -0.25) is 0 Å². The summed E-state index contributed by atoms with van der Waals surface area (Å²) in [6, 6.07) is 3.51. The summed E-state index contributed by atoms with van der Waals surface area (Å²) in [7, 11) is 0. The van der Waals surface area contributed by atoms with Crippen molar-refractivity contribution >= 4 is 5.97 Å². The first-order valence-corrected chi connectivity index (χ1v) is 6.35. The van der Waals surface area contributed by atoms with E-state index in [9.17, 15) is 4.79 Å². The summed E-state index contributed by atoms with van der Waals surface area (Å²) in [5.74, 6) is -0.540. The molecular formula is C13H19NO4. The van der Waals surface area contributed by atoms with Crippen LogP contribution in [0.25, 0.3) is 0 Å². The zero-order valence-electron chi connectivity index (χ0n) is 10.5. The van der Waals surface area contributed by atoms with E-state index in [1.165, 1.54) is 18.9 Å². The fourth-order valence-corrected chi connectivity index (χ4v) is 2.10. The number of carboxylic acids is 1. The number of carbonyl (C=O) groups is 1. The molecule has 1 fully saturated rings. The summed E-state index contributed by atoms with van der Waals surface area (Å²) in [6.45, 7) is 3.55. The van der Waals surface area contributed by atoms with Gasteiger partial charge < -0.3 is 19.6 Å². The van der Waals surface area contributed by atoms with Crippen LogP contribution in [0.5, 0.6) is 0 Å². The molecule has 18 heavy (non-hydrogen) atoms. The molecule has 0 spiro atoms. The Morgan fingerprint density at radius 3 is 3.06 bits per heavy atom. The van der Waals surface area contributed by atoms with Crippen molar-refractivity contribution in [3.05, 3.63) is 23.7 Å². The Morgan fingerprint density at radius 1 is 1.61 bits per heavy atom. The van der Waals surface area contributed by atoms with Crippen LogP contribution in [0.4, 0.5) is 0 Å². The third-order valence-corrected chi connectivity index (χ3v) is 3.20. The van der Waals surface area contributed by atoms with Crippen molar-refractivity contribution in [3.63, 3.8) is 0 Å². The Kier molecular flexibility index (Phi) is 4.38. The van der Waals surface area contributed by atoms with E-state index < -0.39 is 5.97 Å². The third-order valence-electron chi connectivity index (χ3n) is 3.20. The average molecular weight is 253 g/mol. The first kappa shape index (κ1) is 13.1. The normalized spacial score (nSPS) is 21.7. The van der Waals surface area contributed by atoms with Crippen LogP contribution in [0.15, 0.2) is 16.5 Å². The fraction of sp³-hybridized carbons (Fsp3) is 0.615. The SMILES string of the molecule is CC(OCC1CCCCN1)c1ccc(C(=O)O)o1. The minimum absolute atomic E-state index is 0.0451. The molecule has 0 aliphatic carbocycles. The Bertz CT molecular complexity index is 395. The van der Waals surface area contributed by atoms with E-state index in [1.54, 1.807) is 6.07 Å². The van der Waals surface area contributed by atoms with Crippen LogP contribution in [0, 0.1) is 0 Å². The first-order chi connectivity index (χ1) is 8.66. The maximum absolute atomic E-state index is 10.7. The van der Waals surface area contributed by atoms with Crippen LogP contribution >= 0.6 is 0 Å². The second kappa shape index (κ2) is 6.02. The molecule has 1 saturated heterocycles. The zero-order chi connectivity index (χ0) is 13.0. The van der Waals surface area contributed by atoms with E-state index in [0.29, 0.717) is 18.4 Å². The summed E-state index contributed by atoms with van der Waals surface area (Å²) in [5.41, 5.74) is 0. The molecule has 1 aromatic heterocycles. The van der Waals surface area contributed by atoms with Gasteiger partial charge >= 0.3 is 5.97 Å². The van der Waals surface area contributed by atoms with E-state index in [-0.39, 0.29) is 11.9 Å². The first-order valence-electron chi connectivity index (χ1n) is 6.35. The van der Waals surface area contributed by atoms with Gasteiger partial charge in [0, 0.05) is 6.04 Å². The molecule has 2 heterocycles. The molecule has 100 valence electrons. The molecule has 2 rings (SSSR count). The van der Waals surface area contributed by atoms with Gasteiger partial charge in [-0.15, -0.1) is 0 Å². The van der Waals surface area contributed by atoms with E-state index in [2.05, 4.69) is 5.32 Å². The van der Waals surface area contributed by atoms with Crippen LogP contribution < -0.4 is 5.32 Å². The van der Waals surface area contributed by atoms with Gasteiger partial charge in [0.1, 0.15) is 11.9 Å². The lowest BCUT2D eigenvalue weighted by molar-refractivity contribution is 0.0299. The quantitative estimate of drug-likeness (QED) is 0.841. The van der Waals surface area contributed by atoms with Crippen molar-refractivity contribution in [2.75, 3.05) is 13.2 Å². The second-order valence-corrected chi connectivity index (χ2v) is 4.63. The Balaban J connectivity index is 1.82. The van der Waals surface area contributed by atoms with Crippen LogP contribution in [0.2, 0.25) is 0 Å². The number of rotatable bonds is 5. The zero-order valence-corrected chi connectivity index (χ0v) is 10.5.